The molecule has 0 saturated carbocycles. The maximum Gasteiger partial charge on any atom is 0.0509 e. The van der Waals surface area contributed by atoms with E-state index in [1.165, 1.54) is 17.5 Å². The van der Waals surface area contributed by atoms with Crippen LogP contribution in [0.15, 0.2) is 24.3 Å². The largest absolute Gasteiger partial charge is 0.381 e. The summed E-state index contributed by atoms with van der Waals surface area (Å²) in [6.07, 6.45) is 4.43. The molecule has 2 unspecified atom stereocenters. The zero-order valence-corrected chi connectivity index (χ0v) is 11.2. The van der Waals surface area contributed by atoms with Crippen molar-refractivity contribution in [3.05, 3.63) is 35.4 Å². The van der Waals surface area contributed by atoms with Gasteiger partial charge in [0.15, 0.2) is 0 Å². The monoisotopic (exact) mass is 248 g/mol. The molecule has 1 aromatic rings. The zero-order chi connectivity index (χ0) is 12.8. The van der Waals surface area contributed by atoms with Crippen molar-refractivity contribution in [3.63, 3.8) is 0 Å². The molecular weight excluding hydrogens is 224 g/mol. The topological polar surface area (TPSA) is 47.3 Å². The van der Waals surface area contributed by atoms with Crippen LogP contribution in [0.4, 0.5) is 0 Å². The summed E-state index contributed by atoms with van der Waals surface area (Å²) in [5.74, 6) is 6.24. The van der Waals surface area contributed by atoms with Gasteiger partial charge in [-0.3, -0.25) is 11.3 Å². The third kappa shape index (κ3) is 3.55. The Kier molecular flexibility index (Phi) is 5.17. The van der Waals surface area contributed by atoms with Gasteiger partial charge in [-0.15, -0.1) is 0 Å². The normalized spacial score (nSPS) is 21.8. The molecule has 0 radical (unpaired) electrons. The predicted molar refractivity (Wildman–Crippen MR) is 74.2 cm³/mol. The molecule has 0 aliphatic carbocycles. The first-order valence-electron chi connectivity index (χ1n) is 6.95. The molecule has 100 valence electrons. The Bertz CT molecular complexity index is 344. The molecule has 1 fully saturated rings. The summed E-state index contributed by atoms with van der Waals surface area (Å²) in [5.41, 5.74) is 5.70. The van der Waals surface area contributed by atoms with Crippen LogP contribution in [-0.4, -0.2) is 19.3 Å². The number of hydrazine groups is 1. The van der Waals surface area contributed by atoms with Crippen LogP contribution in [0.5, 0.6) is 0 Å². The predicted octanol–water partition coefficient (Wildman–Crippen LogP) is 2.05. The minimum Gasteiger partial charge on any atom is -0.381 e. The smallest absolute Gasteiger partial charge is 0.0509 e. The minimum absolute atomic E-state index is 0.317. The van der Waals surface area contributed by atoms with Crippen LogP contribution in [0, 0.1) is 5.92 Å². The second-order valence-corrected chi connectivity index (χ2v) is 5.12. The van der Waals surface area contributed by atoms with Crippen molar-refractivity contribution in [1.29, 1.82) is 0 Å². The van der Waals surface area contributed by atoms with E-state index in [1.807, 2.05) is 0 Å². The summed E-state index contributed by atoms with van der Waals surface area (Å²) in [7, 11) is 0. The van der Waals surface area contributed by atoms with Crippen molar-refractivity contribution in [2.75, 3.05) is 13.2 Å². The molecule has 18 heavy (non-hydrogen) atoms. The molecule has 2 rings (SSSR count). The molecule has 2 atom stereocenters. The summed E-state index contributed by atoms with van der Waals surface area (Å²) in [5, 5.41) is 0. The highest BCUT2D eigenvalue weighted by atomic mass is 16.5. The summed E-state index contributed by atoms with van der Waals surface area (Å²) < 4.78 is 5.54. The molecule has 3 N–H and O–H groups in total. The molecule has 1 aromatic carbocycles. The SMILES string of the molecule is CCc1ccc(CC(NN)C2CCCOC2)cc1. The molecule has 0 aromatic heterocycles. The van der Waals surface area contributed by atoms with Crippen LogP contribution in [-0.2, 0) is 17.6 Å². The first-order chi connectivity index (χ1) is 8.83. The highest BCUT2D eigenvalue weighted by molar-refractivity contribution is 5.23. The molecule has 0 spiro atoms. The van der Waals surface area contributed by atoms with E-state index >= 15 is 0 Å². The van der Waals surface area contributed by atoms with Crippen LogP contribution in [0.1, 0.15) is 30.9 Å². The number of nitrogens with one attached hydrogen (secondary N) is 1. The summed E-state index contributed by atoms with van der Waals surface area (Å²) in [6, 6.07) is 9.16. The van der Waals surface area contributed by atoms with E-state index in [9.17, 15) is 0 Å². The lowest BCUT2D eigenvalue weighted by Crippen LogP contribution is -2.45. The fourth-order valence-corrected chi connectivity index (χ4v) is 2.61. The van der Waals surface area contributed by atoms with Crippen molar-refractivity contribution in [2.24, 2.45) is 11.8 Å². The lowest BCUT2D eigenvalue weighted by atomic mass is 9.89. The highest BCUT2D eigenvalue weighted by Crippen LogP contribution is 2.20. The standard InChI is InChI=1S/C15H24N2O/c1-2-12-5-7-13(8-6-12)10-15(17-16)14-4-3-9-18-11-14/h5-8,14-15,17H,2-4,9-11,16H2,1H3. The van der Waals surface area contributed by atoms with Gasteiger partial charge < -0.3 is 4.74 Å². The Morgan fingerprint density at radius 1 is 1.33 bits per heavy atom. The number of hydrogen-bond donors (Lipinski definition) is 2. The third-order valence-electron chi connectivity index (χ3n) is 3.87. The van der Waals surface area contributed by atoms with Crippen LogP contribution < -0.4 is 11.3 Å². The molecule has 1 aliphatic rings. The van der Waals surface area contributed by atoms with Gasteiger partial charge in [0.25, 0.3) is 0 Å². The highest BCUT2D eigenvalue weighted by Gasteiger charge is 2.23. The van der Waals surface area contributed by atoms with Gasteiger partial charge in [-0.1, -0.05) is 31.2 Å². The average Bonchev–Trinajstić information content (AvgIpc) is 2.46. The number of nitrogens with two attached hydrogens (primary N) is 1. The Morgan fingerprint density at radius 3 is 2.61 bits per heavy atom. The van der Waals surface area contributed by atoms with Gasteiger partial charge in [0, 0.05) is 12.6 Å². The van der Waals surface area contributed by atoms with Gasteiger partial charge in [-0.2, -0.15) is 0 Å². The van der Waals surface area contributed by atoms with E-state index in [2.05, 4.69) is 36.6 Å². The van der Waals surface area contributed by atoms with Crippen LogP contribution >= 0.6 is 0 Å². The Hall–Kier alpha value is -0.900. The molecule has 3 nitrogen and oxygen atoms in total. The van der Waals surface area contributed by atoms with E-state index in [0.29, 0.717) is 12.0 Å². The number of hydrogen-bond acceptors (Lipinski definition) is 3. The summed E-state index contributed by atoms with van der Waals surface area (Å²) >= 11 is 0. The van der Waals surface area contributed by atoms with Gasteiger partial charge in [0.05, 0.1) is 6.61 Å². The maximum absolute atomic E-state index is 5.70. The summed E-state index contributed by atoms with van der Waals surface area (Å²) in [4.78, 5) is 0. The number of ether oxygens (including phenoxy) is 1. The van der Waals surface area contributed by atoms with Gasteiger partial charge in [-0.05, 0) is 42.7 Å². The van der Waals surface area contributed by atoms with Crippen LogP contribution in [0.2, 0.25) is 0 Å². The Balaban J connectivity index is 1.95. The van der Waals surface area contributed by atoms with Crippen molar-refractivity contribution in [1.82, 2.24) is 5.43 Å². The van der Waals surface area contributed by atoms with Crippen molar-refractivity contribution < 1.29 is 4.74 Å². The van der Waals surface area contributed by atoms with E-state index in [0.717, 1.165) is 32.5 Å². The number of aryl methyl sites for hydroxylation is 1. The molecular formula is C15H24N2O. The molecule has 3 heteroatoms. The van der Waals surface area contributed by atoms with Gasteiger partial charge in [0.1, 0.15) is 0 Å². The first-order valence-corrected chi connectivity index (χ1v) is 6.95. The molecule has 0 amide bonds. The Labute approximate surface area is 110 Å². The fourth-order valence-electron chi connectivity index (χ4n) is 2.61. The van der Waals surface area contributed by atoms with E-state index < -0.39 is 0 Å². The van der Waals surface area contributed by atoms with Crippen LogP contribution in [0.25, 0.3) is 0 Å². The van der Waals surface area contributed by atoms with Crippen molar-refractivity contribution in [2.45, 2.75) is 38.6 Å². The maximum atomic E-state index is 5.70. The van der Waals surface area contributed by atoms with Gasteiger partial charge in [-0.25, -0.2) is 0 Å². The molecule has 1 heterocycles. The van der Waals surface area contributed by atoms with Crippen molar-refractivity contribution >= 4 is 0 Å². The van der Waals surface area contributed by atoms with Gasteiger partial charge >= 0.3 is 0 Å². The van der Waals surface area contributed by atoms with Gasteiger partial charge in [0.2, 0.25) is 0 Å². The number of benzene rings is 1. The second kappa shape index (κ2) is 6.88. The van der Waals surface area contributed by atoms with Crippen LogP contribution in [0.3, 0.4) is 0 Å². The Morgan fingerprint density at radius 2 is 2.06 bits per heavy atom. The van der Waals surface area contributed by atoms with E-state index in [1.54, 1.807) is 0 Å². The summed E-state index contributed by atoms with van der Waals surface area (Å²) in [6.45, 7) is 3.92. The molecule has 1 aliphatic heterocycles. The lowest BCUT2D eigenvalue weighted by molar-refractivity contribution is 0.0393. The average molecular weight is 248 g/mol. The quantitative estimate of drug-likeness (QED) is 0.619. The second-order valence-electron chi connectivity index (χ2n) is 5.12. The number of rotatable bonds is 5. The zero-order valence-electron chi connectivity index (χ0n) is 11.2. The third-order valence-corrected chi connectivity index (χ3v) is 3.87. The molecule has 0 bridgehead atoms. The van der Waals surface area contributed by atoms with E-state index in [-0.39, 0.29) is 0 Å². The lowest BCUT2D eigenvalue weighted by Gasteiger charge is -2.29. The van der Waals surface area contributed by atoms with E-state index in [4.69, 9.17) is 10.6 Å². The first kappa shape index (κ1) is 13.5. The minimum atomic E-state index is 0.317. The van der Waals surface area contributed by atoms with Crippen molar-refractivity contribution in [3.8, 4) is 0 Å². The fraction of sp³-hybridized carbons (Fsp3) is 0.600. The molecule has 1 saturated heterocycles.